The van der Waals surface area contributed by atoms with Crippen LogP contribution in [0.15, 0.2) is 11.1 Å². The standard InChI is InChI=1S/C12H22S/c1-7-6-12(11(5)13)10(4)9(3)8(7)2/h7-8,11-13H,6H2,1-5H3. The van der Waals surface area contributed by atoms with Gasteiger partial charge in [-0.05, 0) is 38.0 Å². The fourth-order valence-corrected chi connectivity index (χ4v) is 2.76. The summed E-state index contributed by atoms with van der Waals surface area (Å²) in [6.07, 6.45) is 1.31. The summed E-state index contributed by atoms with van der Waals surface area (Å²) in [4.78, 5) is 0. The van der Waals surface area contributed by atoms with Crippen LogP contribution in [-0.2, 0) is 0 Å². The smallest absolute Gasteiger partial charge is 0.00540 e. The highest BCUT2D eigenvalue weighted by molar-refractivity contribution is 7.80. The third kappa shape index (κ3) is 2.12. The third-order valence-corrected chi connectivity index (χ3v) is 4.28. The Hall–Kier alpha value is 0.0900. The SMILES string of the molecule is CC1=C(C)C(C(C)S)CC(C)C1C. The van der Waals surface area contributed by atoms with E-state index in [4.69, 9.17) is 0 Å². The van der Waals surface area contributed by atoms with Gasteiger partial charge in [0.2, 0.25) is 0 Å². The summed E-state index contributed by atoms with van der Waals surface area (Å²) in [5.41, 5.74) is 3.19. The van der Waals surface area contributed by atoms with E-state index >= 15 is 0 Å². The van der Waals surface area contributed by atoms with Crippen molar-refractivity contribution in [3.05, 3.63) is 11.1 Å². The predicted octanol–water partition coefficient (Wildman–Crippen LogP) is 3.93. The largest absolute Gasteiger partial charge is 0.176 e. The second kappa shape index (κ2) is 4.08. The van der Waals surface area contributed by atoms with E-state index in [1.54, 1.807) is 11.1 Å². The fraction of sp³-hybridized carbons (Fsp3) is 0.833. The van der Waals surface area contributed by atoms with Gasteiger partial charge in [0, 0.05) is 5.25 Å². The topological polar surface area (TPSA) is 0 Å². The van der Waals surface area contributed by atoms with Gasteiger partial charge in [0.05, 0.1) is 0 Å². The van der Waals surface area contributed by atoms with E-state index in [1.165, 1.54) is 6.42 Å². The number of hydrogen-bond donors (Lipinski definition) is 1. The first-order valence-corrected chi connectivity index (χ1v) is 5.82. The number of rotatable bonds is 1. The van der Waals surface area contributed by atoms with Crippen molar-refractivity contribution in [3.63, 3.8) is 0 Å². The molecule has 4 unspecified atom stereocenters. The Bertz CT molecular complexity index is 215. The number of hydrogen-bond acceptors (Lipinski definition) is 1. The van der Waals surface area contributed by atoms with Crippen LogP contribution in [0.25, 0.3) is 0 Å². The summed E-state index contributed by atoms with van der Waals surface area (Å²) in [6, 6.07) is 0. The van der Waals surface area contributed by atoms with Crippen LogP contribution in [0.5, 0.6) is 0 Å². The van der Waals surface area contributed by atoms with Gasteiger partial charge in [-0.15, -0.1) is 0 Å². The lowest BCUT2D eigenvalue weighted by atomic mass is 9.71. The Labute approximate surface area is 88.2 Å². The van der Waals surface area contributed by atoms with Gasteiger partial charge in [-0.1, -0.05) is 31.9 Å². The first kappa shape index (κ1) is 11.2. The molecule has 0 bridgehead atoms. The molecule has 1 heteroatoms. The lowest BCUT2D eigenvalue weighted by Gasteiger charge is -2.36. The molecule has 0 aliphatic heterocycles. The van der Waals surface area contributed by atoms with Crippen molar-refractivity contribution in [1.82, 2.24) is 0 Å². The van der Waals surface area contributed by atoms with Gasteiger partial charge < -0.3 is 0 Å². The van der Waals surface area contributed by atoms with E-state index in [-0.39, 0.29) is 0 Å². The summed E-state index contributed by atoms with van der Waals surface area (Å²) >= 11 is 4.58. The minimum Gasteiger partial charge on any atom is -0.176 e. The highest BCUT2D eigenvalue weighted by atomic mass is 32.1. The van der Waals surface area contributed by atoms with E-state index in [1.807, 2.05) is 0 Å². The van der Waals surface area contributed by atoms with E-state index in [2.05, 4.69) is 47.2 Å². The normalized spacial score (nSPS) is 37.8. The van der Waals surface area contributed by atoms with E-state index < -0.39 is 0 Å². The second-order valence-electron chi connectivity index (χ2n) is 4.71. The molecule has 1 rings (SSSR count). The molecule has 76 valence electrons. The minimum atomic E-state index is 0.505. The first-order chi connectivity index (χ1) is 5.95. The van der Waals surface area contributed by atoms with Crippen LogP contribution in [-0.4, -0.2) is 5.25 Å². The van der Waals surface area contributed by atoms with Crippen molar-refractivity contribution in [2.75, 3.05) is 0 Å². The Morgan fingerprint density at radius 1 is 1.23 bits per heavy atom. The zero-order chi connectivity index (χ0) is 10.2. The fourth-order valence-electron chi connectivity index (χ4n) is 2.42. The lowest BCUT2D eigenvalue weighted by molar-refractivity contribution is 0.320. The highest BCUT2D eigenvalue weighted by Gasteiger charge is 2.29. The molecule has 4 atom stereocenters. The van der Waals surface area contributed by atoms with Crippen LogP contribution < -0.4 is 0 Å². The molecule has 0 amide bonds. The van der Waals surface area contributed by atoms with Crippen molar-refractivity contribution in [2.45, 2.75) is 46.3 Å². The molecular formula is C12H22S. The monoisotopic (exact) mass is 198 g/mol. The van der Waals surface area contributed by atoms with Gasteiger partial charge in [0.15, 0.2) is 0 Å². The van der Waals surface area contributed by atoms with Crippen LogP contribution in [0.1, 0.15) is 41.0 Å². The predicted molar refractivity (Wildman–Crippen MR) is 63.3 cm³/mol. The zero-order valence-corrected chi connectivity index (χ0v) is 10.4. The maximum Gasteiger partial charge on any atom is 0.00540 e. The van der Waals surface area contributed by atoms with E-state index in [9.17, 15) is 0 Å². The van der Waals surface area contributed by atoms with Crippen LogP contribution in [0.3, 0.4) is 0 Å². The molecular weight excluding hydrogens is 176 g/mol. The van der Waals surface area contributed by atoms with E-state index in [0.717, 1.165) is 11.8 Å². The number of allylic oxidation sites excluding steroid dienone is 2. The third-order valence-electron chi connectivity index (χ3n) is 3.92. The Balaban J connectivity index is 2.92. The second-order valence-corrected chi connectivity index (χ2v) is 5.53. The van der Waals surface area contributed by atoms with Crippen LogP contribution in [0, 0.1) is 17.8 Å². The summed E-state index contributed by atoms with van der Waals surface area (Å²) in [5, 5.41) is 0.505. The van der Waals surface area contributed by atoms with E-state index in [0.29, 0.717) is 11.2 Å². The minimum absolute atomic E-state index is 0.505. The first-order valence-electron chi connectivity index (χ1n) is 5.30. The maximum absolute atomic E-state index is 4.58. The molecule has 0 aromatic heterocycles. The molecule has 0 N–H and O–H groups in total. The molecule has 1 aliphatic rings. The van der Waals surface area contributed by atoms with Crippen molar-refractivity contribution >= 4 is 12.6 Å². The molecule has 0 fully saturated rings. The van der Waals surface area contributed by atoms with Crippen LogP contribution in [0.2, 0.25) is 0 Å². The quantitative estimate of drug-likeness (QED) is 0.479. The lowest BCUT2D eigenvalue weighted by Crippen LogP contribution is -2.27. The molecule has 0 aromatic carbocycles. The number of thiol groups is 1. The molecule has 0 radical (unpaired) electrons. The summed E-state index contributed by atoms with van der Waals surface area (Å²) in [5.74, 6) is 2.29. The highest BCUT2D eigenvalue weighted by Crippen LogP contribution is 2.40. The molecule has 13 heavy (non-hydrogen) atoms. The van der Waals surface area contributed by atoms with Gasteiger partial charge in [0.25, 0.3) is 0 Å². The van der Waals surface area contributed by atoms with Crippen molar-refractivity contribution in [2.24, 2.45) is 17.8 Å². The van der Waals surface area contributed by atoms with Gasteiger partial charge in [-0.2, -0.15) is 12.6 Å². The van der Waals surface area contributed by atoms with Crippen LogP contribution in [0.4, 0.5) is 0 Å². The molecule has 0 saturated heterocycles. The summed E-state index contributed by atoms with van der Waals surface area (Å²) in [6.45, 7) is 11.5. The molecule has 0 aromatic rings. The van der Waals surface area contributed by atoms with Crippen LogP contribution >= 0.6 is 12.6 Å². The van der Waals surface area contributed by atoms with Gasteiger partial charge in [0.1, 0.15) is 0 Å². The maximum atomic E-state index is 4.58. The molecule has 0 spiro atoms. The Morgan fingerprint density at radius 2 is 1.77 bits per heavy atom. The molecule has 0 saturated carbocycles. The average molecular weight is 198 g/mol. The molecule has 1 aliphatic carbocycles. The van der Waals surface area contributed by atoms with Gasteiger partial charge >= 0.3 is 0 Å². The van der Waals surface area contributed by atoms with Gasteiger partial charge in [-0.3, -0.25) is 0 Å². The van der Waals surface area contributed by atoms with Gasteiger partial charge in [-0.25, -0.2) is 0 Å². The zero-order valence-electron chi connectivity index (χ0n) is 9.46. The Kier molecular flexibility index (Phi) is 3.50. The summed E-state index contributed by atoms with van der Waals surface area (Å²) in [7, 11) is 0. The van der Waals surface area contributed by atoms with Crippen molar-refractivity contribution < 1.29 is 0 Å². The van der Waals surface area contributed by atoms with Crippen molar-refractivity contribution in [1.29, 1.82) is 0 Å². The molecule has 0 nitrogen and oxygen atoms in total. The molecule has 0 heterocycles. The summed E-state index contributed by atoms with van der Waals surface area (Å²) < 4.78 is 0. The average Bonchev–Trinajstić information content (AvgIpc) is 2.07. The Morgan fingerprint density at radius 3 is 2.23 bits per heavy atom. The van der Waals surface area contributed by atoms with Crippen molar-refractivity contribution in [3.8, 4) is 0 Å².